The molecule has 15 heteroatoms. The van der Waals surface area contributed by atoms with E-state index in [-0.39, 0.29) is 23.5 Å². The maximum Gasteiger partial charge on any atom is 0.329 e. The number of hydrogen-bond acceptors (Lipinski definition) is 12. The van der Waals surface area contributed by atoms with Gasteiger partial charge in [-0.3, -0.25) is 18.7 Å². The van der Waals surface area contributed by atoms with Gasteiger partial charge in [-0.1, -0.05) is 30.3 Å². The van der Waals surface area contributed by atoms with Gasteiger partial charge in [-0.2, -0.15) is 4.98 Å². The van der Waals surface area contributed by atoms with Crippen LogP contribution in [0.25, 0.3) is 11.2 Å². The summed E-state index contributed by atoms with van der Waals surface area (Å²) in [5.41, 5.74) is 11.7. The van der Waals surface area contributed by atoms with E-state index in [0.717, 1.165) is 10.1 Å². The largest absolute Gasteiger partial charge is 0.461 e. The lowest BCUT2D eigenvalue weighted by Gasteiger charge is -2.22. The van der Waals surface area contributed by atoms with Gasteiger partial charge in [-0.05, 0) is 12.5 Å². The van der Waals surface area contributed by atoms with Crippen molar-refractivity contribution in [3.05, 3.63) is 52.6 Å². The smallest absolute Gasteiger partial charge is 0.329 e. The van der Waals surface area contributed by atoms with E-state index in [9.17, 15) is 29.7 Å². The molecular weight excluding hydrogens is 514 g/mol. The molecule has 1 aliphatic heterocycles. The highest BCUT2D eigenvalue weighted by Gasteiger charge is 2.45. The van der Waals surface area contributed by atoms with Gasteiger partial charge in [0.15, 0.2) is 17.4 Å². The summed E-state index contributed by atoms with van der Waals surface area (Å²) in [6, 6.07) is 6.42. The molecule has 210 valence electrons. The third kappa shape index (κ3) is 5.76. The van der Waals surface area contributed by atoms with Crippen LogP contribution in [0.1, 0.15) is 18.7 Å². The Bertz CT molecular complexity index is 1390. The van der Waals surface area contributed by atoms with Gasteiger partial charge in [0.25, 0.3) is 5.56 Å². The molecule has 1 fully saturated rings. The number of nitrogens with two attached hydrogens (primary N) is 2. The quantitative estimate of drug-likeness (QED) is 0.151. The standard InChI is InChI=1S/C24H31N7O8/c1-11(32)15(25)20(35)28-13(8-12-6-4-3-5-7-12)23(37)38-9-14-17(33)18(34)22(39-14)31-10-27-16-19(31)29-24(26)30(2)21(16)36/h3-7,10-11,13-15,17-18,22,32-34H,8-9,25H2,1-2H3,(H2,26,29)(H,28,35)/t11-,13+,14-,15+,17-,18-,22-/m1/s1. The minimum absolute atomic E-state index is 0.0123. The normalized spacial score (nSPS) is 23.3. The molecule has 1 aliphatic rings. The summed E-state index contributed by atoms with van der Waals surface area (Å²) in [6.07, 6.45) is -5.19. The van der Waals surface area contributed by atoms with Crippen LogP contribution >= 0.6 is 0 Å². The summed E-state index contributed by atoms with van der Waals surface area (Å²) in [5, 5.41) is 33.4. The van der Waals surface area contributed by atoms with E-state index in [1.807, 2.05) is 0 Å². The summed E-state index contributed by atoms with van der Waals surface area (Å²) in [7, 11) is 1.43. The Labute approximate surface area is 222 Å². The van der Waals surface area contributed by atoms with E-state index in [1.54, 1.807) is 30.3 Å². The first-order valence-corrected chi connectivity index (χ1v) is 12.1. The predicted molar refractivity (Wildman–Crippen MR) is 136 cm³/mol. The molecule has 15 nitrogen and oxygen atoms in total. The van der Waals surface area contributed by atoms with Crippen LogP contribution in [0.4, 0.5) is 5.95 Å². The Morgan fingerprint density at radius 1 is 1.23 bits per heavy atom. The number of carbonyl (C=O) groups is 2. The maximum atomic E-state index is 13.0. The van der Waals surface area contributed by atoms with Crippen molar-refractivity contribution in [3.8, 4) is 0 Å². The second-order valence-electron chi connectivity index (χ2n) is 9.35. The number of amides is 1. The average molecular weight is 546 g/mol. The number of aliphatic hydroxyl groups excluding tert-OH is 3. The summed E-state index contributed by atoms with van der Waals surface area (Å²) < 4.78 is 13.5. The van der Waals surface area contributed by atoms with Crippen LogP contribution in [-0.2, 0) is 32.5 Å². The van der Waals surface area contributed by atoms with Gasteiger partial charge in [-0.25, -0.2) is 9.78 Å². The minimum Gasteiger partial charge on any atom is -0.461 e. The third-order valence-electron chi connectivity index (χ3n) is 6.55. The zero-order chi connectivity index (χ0) is 28.4. The van der Waals surface area contributed by atoms with E-state index in [4.69, 9.17) is 20.9 Å². The Kier molecular flexibility index (Phi) is 8.27. The highest BCUT2D eigenvalue weighted by Crippen LogP contribution is 2.31. The summed E-state index contributed by atoms with van der Waals surface area (Å²) in [4.78, 5) is 46.0. The number of hydrogen-bond donors (Lipinski definition) is 6. The second kappa shape index (κ2) is 11.5. The molecule has 0 saturated carbocycles. The number of carbonyl (C=O) groups excluding carboxylic acids is 2. The number of anilines is 1. The van der Waals surface area contributed by atoms with Crippen molar-refractivity contribution in [1.82, 2.24) is 24.4 Å². The van der Waals surface area contributed by atoms with E-state index in [1.165, 1.54) is 24.9 Å². The van der Waals surface area contributed by atoms with Gasteiger partial charge in [0, 0.05) is 13.5 Å². The van der Waals surface area contributed by atoms with Gasteiger partial charge in [0.05, 0.1) is 12.4 Å². The van der Waals surface area contributed by atoms with Crippen LogP contribution in [0.2, 0.25) is 0 Å². The molecule has 1 aromatic carbocycles. The number of benzene rings is 1. The average Bonchev–Trinajstić information content (AvgIpc) is 3.45. The zero-order valence-electron chi connectivity index (χ0n) is 21.2. The molecule has 1 amide bonds. The first-order chi connectivity index (χ1) is 18.5. The van der Waals surface area contributed by atoms with Crippen molar-refractivity contribution in [2.24, 2.45) is 12.8 Å². The van der Waals surface area contributed by atoms with Gasteiger partial charge >= 0.3 is 5.97 Å². The molecule has 3 aromatic rings. The maximum absolute atomic E-state index is 13.0. The lowest BCUT2D eigenvalue weighted by molar-refractivity contribution is -0.154. The van der Waals surface area contributed by atoms with Gasteiger partial charge in [-0.15, -0.1) is 0 Å². The van der Waals surface area contributed by atoms with Crippen LogP contribution in [0.3, 0.4) is 0 Å². The van der Waals surface area contributed by atoms with E-state index >= 15 is 0 Å². The summed E-state index contributed by atoms with van der Waals surface area (Å²) >= 11 is 0. The fraction of sp³-hybridized carbons (Fsp3) is 0.458. The minimum atomic E-state index is -1.48. The van der Waals surface area contributed by atoms with Crippen molar-refractivity contribution >= 4 is 29.0 Å². The number of aromatic nitrogens is 4. The van der Waals surface area contributed by atoms with Crippen LogP contribution in [-0.4, -0.2) is 89.4 Å². The first-order valence-electron chi connectivity index (χ1n) is 12.1. The molecule has 39 heavy (non-hydrogen) atoms. The second-order valence-corrected chi connectivity index (χ2v) is 9.35. The molecule has 0 unspecified atom stereocenters. The Morgan fingerprint density at radius 2 is 1.92 bits per heavy atom. The number of nitrogens with zero attached hydrogens (tertiary/aromatic N) is 4. The van der Waals surface area contributed by atoms with Crippen LogP contribution in [0.5, 0.6) is 0 Å². The highest BCUT2D eigenvalue weighted by molar-refractivity contribution is 5.88. The predicted octanol–water partition coefficient (Wildman–Crippen LogP) is -2.69. The number of nitrogens with one attached hydrogen (secondary N) is 1. The van der Waals surface area contributed by atoms with Gasteiger partial charge < -0.3 is 41.6 Å². The number of fused-ring (bicyclic) bond motifs is 1. The molecule has 0 aliphatic carbocycles. The zero-order valence-corrected chi connectivity index (χ0v) is 21.2. The number of ether oxygens (including phenoxy) is 2. The summed E-state index contributed by atoms with van der Waals surface area (Å²) in [5.74, 6) is -1.68. The lowest BCUT2D eigenvalue weighted by Crippen LogP contribution is -2.53. The Balaban J connectivity index is 1.47. The van der Waals surface area contributed by atoms with E-state index in [0.29, 0.717) is 0 Å². The van der Waals surface area contributed by atoms with Crippen molar-refractivity contribution in [2.45, 2.75) is 56.1 Å². The lowest BCUT2D eigenvalue weighted by atomic mass is 10.0. The summed E-state index contributed by atoms with van der Waals surface area (Å²) in [6.45, 7) is 0.877. The number of imidazole rings is 1. The molecule has 2 aromatic heterocycles. The third-order valence-corrected chi connectivity index (χ3v) is 6.55. The highest BCUT2D eigenvalue weighted by atomic mass is 16.6. The molecule has 7 atom stereocenters. The Morgan fingerprint density at radius 3 is 2.59 bits per heavy atom. The molecule has 0 radical (unpaired) electrons. The van der Waals surface area contributed by atoms with Crippen molar-refractivity contribution in [3.63, 3.8) is 0 Å². The fourth-order valence-corrected chi connectivity index (χ4v) is 4.14. The molecule has 8 N–H and O–H groups in total. The molecule has 0 bridgehead atoms. The number of nitrogen functional groups attached to an aromatic ring is 1. The molecular formula is C24H31N7O8. The first kappa shape index (κ1) is 28.1. The molecule has 1 saturated heterocycles. The molecule has 4 rings (SSSR count). The Hall–Kier alpha value is -3.89. The number of esters is 1. The van der Waals surface area contributed by atoms with Gasteiger partial charge in [0.1, 0.15) is 37.0 Å². The van der Waals surface area contributed by atoms with Crippen molar-refractivity contribution in [1.29, 1.82) is 0 Å². The van der Waals surface area contributed by atoms with E-state index < -0.39 is 66.8 Å². The van der Waals surface area contributed by atoms with Crippen LogP contribution in [0.15, 0.2) is 41.5 Å². The monoisotopic (exact) mass is 545 g/mol. The topological polar surface area (TPSA) is 230 Å². The van der Waals surface area contributed by atoms with Crippen molar-refractivity contribution < 1.29 is 34.4 Å². The SMILES string of the molecule is C[C@@H](O)[C@H](N)C(=O)N[C@@H](Cc1ccccc1)C(=O)OC[C@H]1O[C@@H](n2cnc3c(=O)n(C)c(N)nc32)[C@H](O)[C@@H]1O. The molecule has 3 heterocycles. The van der Waals surface area contributed by atoms with E-state index in [2.05, 4.69) is 15.3 Å². The molecule has 0 spiro atoms. The number of aliphatic hydroxyl groups is 3. The van der Waals surface area contributed by atoms with Crippen LogP contribution < -0.4 is 22.3 Å². The number of rotatable bonds is 9. The van der Waals surface area contributed by atoms with Gasteiger partial charge in [0.2, 0.25) is 11.9 Å². The fourth-order valence-electron chi connectivity index (χ4n) is 4.14. The van der Waals surface area contributed by atoms with Crippen LogP contribution in [0, 0.1) is 0 Å². The van der Waals surface area contributed by atoms with Crippen molar-refractivity contribution in [2.75, 3.05) is 12.3 Å².